The molecule has 0 aliphatic rings. The number of hydrogen-bond donors (Lipinski definition) is 0. The molecule has 0 N–H and O–H groups in total. The van der Waals surface area contributed by atoms with Crippen LogP contribution in [-0.2, 0) is 6.54 Å². The number of rotatable bonds is 7. The molecule has 0 radical (unpaired) electrons. The van der Waals surface area contributed by atoms with Gasteiger partial charge in [0.25, 0.3) is 0 Å². The van der Waals surface area contributed by atoms with E-state index in [1.165, 1.54) is 28.0 Å². The van der Waals surface area contributed by atoms with E-state index in [1.54, 1.807) is 0 Å². The molecule has 0 saturated heterocycles. The maximum Gasteiger partial charge on any atom is 0.0701 e. The highest BCUT2D eigenvalue weighted by Gasteiger charge is 2.11. The summed E-state index contributed by atoms with van der Waals surface area (Å²) in [6, 6.07) is 4.37. The van der Waals surface area contributed by atoms with Crippen LogP contribution in [0.15, 0.2) is 15.9 Å². The van der Waals surface area contributed by atoms with E-state index in [1.807, 2.05) is 11.3 Å². The average Bonchev–Trinajstić information content (AvgIpc) is 2.70. The third-order valence-corrected chi connectivity index (χ3v) is 4.74. The highest BCUT2D eigenvalue weighted by molar-refractivity contribution is 9.11. The molecule has 0 bridgehead atoms. The van der Waals surface area contributed by atoms with Crippen molar-refractivity contribution in [3.8, 4) is 0 Å². The van der Waals surface area contributed by atoms with Crippen molar-refractivity contribution < 1.29 is 0 Å². The molecule has 1 heterocycles. The molecule has 1 rings (SSSR count). The van der Waals surface area contributed by atoms with Gasteiger partial charge >= 0.3 is 0 Å². The van der Waals surface area contributed by atoms with Gasteiger partial charge in [0.2, 0.25) is 0 Å². The summed E-state index contributed by atoms with van der Waals surface area (Å²) in [7, 11) is 0. The quantitative estimate of drug-likeness (QED) is 0.701. The van der Waals surface area contributed by atoms with Gasteiger partial charge < -0.3 is 0 Å². The smallest absolute Gasteiger partial charge is 0.0701 e. The predicted molar refractivity (Wildman–Crippen MR) is 77.0 cm³/mol. The molecule has 3 heteroatoms. The Morgan fingerprint density at radius 2 is 1.94 bits per heavy atom. The first-order chi connectivity index (χ1) is 7.69. The van der Waals surface area contributed by atoms with Crippen LogP contribution in [0.25, 0.3) is 0 Å². The molecule has 92 valence electrons. The summed E-state index contributed by atoms with van der Waals surface area (Å²) >= 11 is 5.37. The molecule has 16 heavy (non-hydrogen) atoms. The van der Waals surface area contributed by atoms with Crippen molar-refractivity contribution in [3.63, 3.8) is 0 Å². The molecule has 0 amide bonds. The van der Waals surface area contributed by atoms with Gasteiger partial charge in [-0.3, -0.25) is 4.90 Å². The molecule has 0 aromatic carbocycles. The highest BCUT2D eigenvalue weighted by atomic mass is 79.9. The third-order valence-electron chi connectivity index (χ3n) is 3.13. The van der Waals surface area contributed by atoms with Gasteiger partial charge in [-0.2, -0.15) is 0 Å². The average molecular weight is 304 g/mol. The van der Waals surface area contributed by atoms with Crippen molar-refractivity contribution in [2.75, 3.05) is 13.1 Å². The lowest BCUT2D eigenvalue weighted by Crippen LogP contribution is -2.28. The van der Waals surface area contributed by atoms with Crippen LogP contribution < -0.4 is 0 Å². The third kappa shape index (κ3) is 4.56. The Bertz CT molecular complexity index is 294. The Kier molecular flexibility index (Phi) is 6.62. The molecular weight excluding hydrogens is 282 g/mol. The molecule has 0 saturated carbocycles. The topological polar surface area (TPSA) is 3.24 Å². The van der Waals surface area contributed by atoms with Crippen LogP contribution in [0.4, 0.5) is 0 Å². The fourth-order valence-corrected chi connectivity index (χ4v) is 3.40. The van der Waals surface area contributed by atoms with Crippen LogP contribution in [-0.4, -0.2) is 18.0 Å². The van der Waals surface area contributed by atoms with E-state index in [0.29, 0.717) is 0 Å². The number of thiophene rings is 1. The lowest BCUT2D eigenvalue weighted by molar-refractivity contribution is 0.228. The van der Waals surface area contributed by atoms with E-state index in [9.17, 15) is 0 Å². The molecule has 1 aromatic heterocycles. The number of hydrogen-bond acceptors (Lipinski definition) is 2. The van der Waals surface area contributed by atoms with E-state index < -0.39 is 0 Å². The van der Waals surface area contributed by atoms with Crippen LogP contribution >= 0.6 is 27.3 Å². The standard InChI is InChI=1S/C13H22BrNS/c1-4-11(5-2)9-15(6-3)10-12-7-8-13(14)16-12/h7-8,11H,4-6,9-10H2,1-3H3. The summed E-state index contributed by atoms with van der Waals surface area (Å²) in [4.78, 5) is 4.01. The van der Waals surface area contributed by atoms with Gasteiger partial charge in [-0.1, -0.05) is 33.6 Å². The van der Waals surface area contributed by atoms with Gasteiger partial charge in [0, 0.05) is 18.0 Å². The minimum absolute atomic E-state index is 0.850. The Morgan fingerprint density at radius 3 is 2.38 bits per heavy atom. The van der Waals surface area contributed by atoms with E-state index in [4.69, 9.17) is 0 Å². The second kappa shape index (κ2) is 7.46. The number of halogens is 1. The summed E-state index contributed by atoms with van der Waals surface area (Å²) in [6.45, 7) is 10.3. The van der Waals surface area contributed by atoms with Gasteiger partial charge in [-0.15, -0.1) is 11.3 Å². The fourth-order valence-electron chi connectivity index (χ4n) is 1.87. The Hall–Kier alpha value is 0.140. The Labute approximate surface area is 112 Å². The SMILES string of the molecule is CCC(CC)CN(CC)Cc1ccc(Br)s1. The maximum atomic E-state index is 3.52. The largest absolute Gasteiger partial charge is 0.298 e. The molecular formula is C13H22BrNS. The zero-order chi connectivity index (χ0) is 12.0. The Balaban J connectivity index is 2.48. The maximum absolute atomic E-state index is 3.52. The Morgan fingerprint density at radius 1 is 1.25 bits per heavy atom. The van der Waals surface area contributed by atoms with Crippen LogP contribution in [0.3, 0.4) is 0 Å². The van der Waals surface area contributed by atoms with E-state index in [-0.39, 0.29) is 0 Å². The van der Waals surface area contributed by atoms with Crippen LogP contribution in [0, 0.1) is 5.92 Å². The molecule has 0 unspecified atom stereocenters. The van der Waals surface area contributed by atoms with Crippen molar-refractivity contribution >= 4 is 27.3 Å². The second-order valence-corrected chi connectivity index (χ2v) is 6.76. The van der Waals surface area contributed by atoms with E-state index in [0.717, 1.165) is 19.0 Å². The molecule has 0 fully saturated rings. The van der Waals surface area contributed by atoms with Crippen LogP contribution in [0.2, 0.25) is 0 Å². The van der Waals surface area contributed by atoms with Crippen molar-refractivity contribution in [2.45, 2.75) is 40.2 Å². The normalized spacial score (nSPS) is 11.6. The van der Waals surface area contributed by atoms with Crippen LogP contribution in [0.5, 0.6) is 0 Å². The molecule has 0 atom stereocenters. The van der Waals surface area contributed by atoms with E-state index in [2.05, 4.69) is 53.7 Å². The van der Waals surface area contributed by atoms with Crippen LogP contribution in [0.1, 0.15) is 38.5 Å². The minimum atomic E-state index is 0.850. The summed E-state index contributed by atoms with van der Waals surface area (Å²) < 4.78 is 1.24. The zero-order valence-corrected chi connectivity index (χ0v) is 12.9. The fraction of sp³-hybridized carbons (Fsp3) is 0.692. The summed E-state index contributed by atoms with van der Waals surface area (Å²) in [5, 5.41) is 0. The van der Waals surface area contributed by atoms with Gasteiger partial charge in [-0.05, 0) is 40.5 Å². The molecule has 0 aliphatic heterocycles. The minimum Gasteiger partial charge on any atom is -0.298 e. The summed E-state index contributed by atoms with van der Waals surface area (Å²) in [5.74, 6) is 0.850. The monoisotopic (exact) mass is 303 g/mol. The summed E-state index contributed by atoms with van der Waals surface area (Å²) in [5.41, 5.74) is 0. The lowest BCUT2D eigenvalue weighted by Gasteiger charge is -2.24. The second-order valence-electron chi connectivity index (χ2n) is 4.22. The first-order valence-corrected chi connectivity index (χ1v) is 7.77. The van der Waals surface area contributed by atoms with Gasteiger partial charge in [0.05, 0.1) is 3.79 Å². The lowest BCUT2D eigenvalue weighted by atomic mass is 10.0. The van der Waals surface area contributed by atoms with Gasteiger partial charge in [-0.25, -0.2) is 0 Å². The molecule has 1 nitrogen and oxygen atoms in total. The van der Waals surface area contributed by atoms with Crippen molar-refractivity contribution in [1.82, 2.24) is 4.90 Å². The highest BCUT2D eigenvalue weighted by Crippen LogP contribution is 2.23. The van der Waals surface area contributed by atoms with Crippen molar-refractivity contribution in [1.29, 1.82) is 0 Å². The first kappa shape index (κ1) is 14.2. The molecule has 0 aliphatic carbocycles. The number of nitrogens with zero attached hydrogens (tertiary/aromatic N) is 1. The molecule has 0 spiro atoms. The van der Waals surface area contributed by atoms with Crippen molar-refractivity contribution in [3.05, 3.63) is 20.8 Å². The zero-order valence-electron chi connectivity index (χ0n) is 10.5. The van der Waals surface area contributed by atoms with Gasteiger partial charge in [0.1, 0.15) is 0 Å². The van der Waals surface area contributed by atoms with Crippen molar-refractivity contribution in [2.24, 2.45) is 5.92 Å². The predicted octanol–water partition coefficient (Wildman–Crippen LogP) is 4.77. The summed E-state index contributed by atoms with van der Waals surface area (Å²) in [6.07, 6.45) is 2.59. The molecule has 1 aromatic rings. The van der Waals surface area contributed by atoms with Gasteiger partial charge in [0.15, 0.2) is 0 Å². The van der Waals surface area contributed by atoms with E-state index >= 15 is 0 Å². The first-order valence-electron chi connectivity index (χ1n) is 6.16.